The van der Waals surface area contributed by atoms with Crippen LogP contribution in [0.5, 0.6) is 0 Å². The Kier molecular flexibility index (Phi) is 5.08. The number of ether oxygens (including phenoxy) is 1. The fraction of sp³-hybridized carbons (Fsp3) is 0.385. The average Bonchev–Trinajstić information content (AvgIpc) is 2.38. The number of hydrogen-bond donors (Lipinski definition) is 2. The molecule has 0 radical (unpaired) electrons. The summed E-state index contributed by atoms with van der Waals surface area (Å²) in [5.41, 5.74) is -1.55. The number of carboxylic acids is 1. The van der Waals surface area contributed by atoms with Gasteiger partial charge < -0.3 is 15.2 Å². The Labute approximate surface area is 122 Å². The van der Waals surface area contributed by atoms with Crippen LogP contribution >= 0.6 is 0 Å². The smallest absolute Gasteiger partial charge is 0.331 e. The van der Waals surface area contributed by atoms with E-state index in [0.717, 1.165) is 6.26 Å². The molecule has 8 heteroatoms. The predicted molar refractivity (Wildman–Crippen MR) is 74.9 cm³/mol. The lowest BCUT2D eigenvalue weighted by atomic mass is 10.0. The number of carbonyl (C=O) groups excluding carboxylic acids is 1. The fourth-order valence-corrected chi connectivity index (χ4v) is 2.30. The van der Waals surface area contributed by atoms with Crippen LogP contribution in [0.1, 0.15) is 17.3 Å². The standard InChI is InChI=1S/C13H17NO6S/c1-13(8-20-2,12(16)17)14-11(15)9-5-4-6-10(7-9)21(3,18)19/h4-7H,8H2,1-3H3,(H,14,15)(H,16,17). The lowest BCUT2D eigenvalue weighted by Gasteiger charge is -2.25. The van der Waals surface area contributed by atoms with E-state index >= 15 is 0 Å². The molecular weight excluding hydrogens is 298 g/mol. The number of benzene rings is 1. The number of aliphatic carboxylic acids is 1. The molecule has 0 heterocycles. The third kappa shape index (κ3) is 4.27. The molecule has 0 saturated heterocycles. The number of hydrogen-bond acceptors (Lipinski definition) is 5. The zero-order valence-electron chi connectivity index (χ0n) is 11.9. The Morgan fingerprint density at radius 3 is 2.48 bits per heavy atom. The van der Waals surface area contributed by atoms with Gasteiger partial charge in [0, 0.05) is 18.9 Å². The molecule has 21 heavy (non-hydrogen) atoms. The second-order valence-electron chi connectivity index (χ2n) is 4.82. The number of rotatable bonds is 6. The Bertz CT molecular complexity index is 654. The zero-order valence-corrected chi connectivity index (χ0v) is 12.7. The first-order valence-corrected chi connectivity index (χ1v) is 7.84. The molecule has 1 unspecified atom stereocenters. The van der Waals surface area contributed by atoms with Crippen LogP contribution in [0, 0.1) is 0 Å². The van der Waals surface area contributed by atoms with E-state index in [-0.39, 0.29) is 17.1 Å². The van der Waals surface area contributed by atoms with Crippen molar-refractivity contribution in [1.82, 2.24) is 5.32 Å². The summed E-state index contributed by atoms with van der Waals surface area (Å²) in [6.07, 6.45) is 1.02. The van der Waals surface area contributed by atoms with Gasteiger partial charge in [-0.25, -0.2) is 13.2 Å². The monoisotopic (exact) mass is 315 g/mol. The van der Waals surface area contributed by atoms with Gasteiger partial charge in [-0.05, 0) is 25.1 Å². The van der Waals surface area contributed by atoms with E-state index in [2.05, 4.69) is 5.32 Å². The van der Waals surface area contributed by atoms with Crippen LogP contribution in [0.15, 0.2) is 29.2 Å². The molecule has 116 valence electrons. The average molecular weight is 315 g/mol. The van der Waals surface area contributed by atoms with Crippen LogP contribution in [-0.4, -0.2) is 50.9 Å². The third-order valence-electron chi connectivity index (χ3n) is 2.82. The highest BCUT2D eigenvalue weighted by Crippen LogP contribution is 2.13. The van der Waals surface area contributed by atoms with Crippen molar-refractivity contribution in [2.45, 2.75) is 17.4 Å². The van der Waals surface area contributed by atoms with Gasteiger partial charge in [-0.15, -0.1) is 0 Å². The summed E-state index contributed by atoms with van der Waals surface area (Å²) < 4.78 is 27.7. The minimum Gasteiger partial charge on any atom is -0.479 e. The predicted octanol–water partition coefficient (Wildman–Crippen LogP) is 0.310. The van der Waals surface area contributed by atoms with E-state index in [1.165, 1.54) is 38.3 Å². The summed E-state index contributed by atoms with van der Waals surface area (Å²) in [6, 6.07) is 5.37. The first-order valence-electron chi connectivity index (χ1n) is 5.95. The van der Waals surface area contributed by atoms with Gasteiger partial charge in [-0.1, -0.05) is 6.07 Å². The van der Waals surface area contributed by atoms with Gasteiger partial charge in [0.05, 0.1) is 11.5 Å². The summed E-state index contributed by atoms with van der Waals surface area (Å²) in [5, 5.41) is 11.5. The highest BCUT2D eigenvalue weighted by molar-refractivity contribution is 7.90. The highest BCUT2D eigenvalue weighted by Gasteiger charge is 2.35. The SMILES string of the molecule is COCC(C)(NC(=O)c1cccc(S(C)(=O)=O)c1)C(=O)O. The van der Waals surface area contributed by atoms with Crippen LogP contribution in [0.2, 0.25) is 0 Å². The van der Waals surface area contributed by atoms with Gasteiger partial charge in [0.15, 0.2) is 15.4 Å². The lowest BCUT2D eigenvalue weighted by Crippen LogP contribution is -2.55. The maximum Gasteiger partial charge on any atom is 0.331 e. The van der Waals surface area contributed by atoms with Crippen molar-refractivity contribution in [3.8, 4) is 0 Å². The molecule has 1 aromatic carbocycles. The minimum atomic E-state index is -3.45. The number of amides is 1. The zero-order chi connectivity index (χ0) is 16.3. The molecule has 0 aliphatic rings. The van der Waals surface area contributed by atoms with Crippen LogP contribution < -0.4 is 5.32 Å². The summed E-state index contributed by atoms with van der Waals surface area (Å²) in [5.74, 6) is -1.94. The Balaban J connectivity index is 3.07. The minimum absolute atomic E-state index is 0.0149. The van der Waals surface area contributed by atoms with Crippen molar-refractivity contribution >= 4 is 21.7 Å². The maximum absolute atomic E-state index is 12.1. The fourth-order valence-electron chi connectivity index (χ4n) is 1.63. The Morgan fingerprint density at radius 1 is 1.38 bits per heavy atom. The van der Waals surface area contributed by atoms with Gasteiger partial charge in [0.2, 0.25) is 0 Å². The molecular formula is C13H17NO6S. The molecule has 0 bridgehead atoms. The van der Waals surface area contributed by atoms with Crippen molar-refractivity contribution in [3.05, 3.63) is 29.8 Å². The quantitative estimate of drug-likeness (QED) is 0.782. The van der Waals surface area contributed by atoms with Gasteiger partial charge >= 0.3 is 5.97 Å². The van der Waals surface area contributed by atoms with Crippen molar-refractivity contribution in [3.63, 3.8) is 0 Å². The molecule has 1 atom stereocenters. The van der Waals surface area contributed by atoms with E-state index in [1.807, 2.05) is 0 Å². The number of carbonyl (C=O) groups is 2. The Hall–Kier alpha value is -1.93. The van der Waals surface area contributed by atoms with Crippen molar-refractivity contribution in [2.24, 2.45) is 0 Å². The van der Waals surface area contributed by atoms with E-state index in [4.69, 9.17) is 9.84 Å². The molecule has 2 N–H and O–H groups in total. The summed E-state index contributed by atoms with van der Waals surface area (Å²) in [7, 11) is -2.13. The van der Waals surface area contributed by atoms with Gasteiger partial charge in [0.25, 0.3) is 5.91 Å². The molecule has 7 nitrogen and oxygen atoms in total. The first kappa shape index (κ1) is 17.1. The van der Waals surface area contributed by atoms with Crippen LogP contribution in [0.4, 0.5) is 0 Å². The molecule has 0 aromatic heterocycles. The Morgan fingerprint density at radius 2 is 2.00 bits per heavy atom. The number of carboxylic acid groups (broad SMARTS) is 1. The molecule has 1 aromatic rings. The molecule has 0 saturated carbocycles. The molecule has 1 amide bonds. The van der Waals surface area contributed by atoms with Crippen LogP contribution in [0.3, 0.4) is 0 Å². The van der Waals surface area contributed by atoms with E-state index in [0.29, 0.717) is 0 Å². The van der Waals surface area contributed by atoms with Crippen molar-refractivity contribution in [2.75, 3.05) is 20.0 Å². The molecule has 0 fully saturated rings. The topological polar surface area (TPSA) is 110 Å². The first-order chi connectivity index (χ1) is 9.60. The number of sulfone groups is 1. The molecule has 0 aliphatic carbocycles. The van der Waals surface area contributed by atoms with Crippen LogP contribution in [0.25, 0.3) is 0 Å². The summed E-state index contributed by atoms with van der Waals surface area (Å²) in [6.45, 7) is 1.08. The van der Waals surface area contributed by atoms with Crippen molar-refractivity contribution < 1.29 is 27.9 Å². The van der Waals surface area contributed by atoms with Crippen LogP contribution in [-0.2, 0) is 19.4 Å². The maximum atomic E-state index is 12.1. The van der Waals surface area contributed by atoms with E-state index in [1.54, 1.807) is 0 Å². The number of methoxy groups -OCH3 is 1. The molecule has 1 rings (SSSR count). The van der Waals surface area contributed by atoms with E-state index < -0.39 is 27.3 Å². The second-order valence-corrected chi connectivity index (χ2v) is 6.84. The van der Waals surface area contributed by atoms with Gasteiger partial charge in [0.1, 0.15) is 0 Å². The lowest BCUT2D eigenvalue weighted by molar-refractivity contribution is -0.145. The highest BCUT2D eigenvalue weighted by atomic mass is 32.2. The molecule has 0 spiro atoms. The van der Waals surface area contributed by atoms with Crippen molar-refractivity contribution in [1.29, 1.82) is 0 Å². The number of nitrogens with one attached hydrogen (secondary N) is 1. The molecule has 0 aliphatic heterocycles. The van der Waals surface area contributed by atoms with Gasteiger partial charge in [-0.3, -0.25) is 4.79 Å². The second kappa shape index (κ2) is 6.23. The summed E-state index contributed by atoms with van der Waals surface area (Å²) in [4.78, 5) is 23.3. The van der Waals surface area contributed by atoms with E-state index in [9.17, 15) is 18.0 Å². The normalized spacial score (nSPS) is 14.2. The van der Waals surface area contributed by atoms with Gasteiger partial charge in [-0.2, -0.15) is 0 Å². The largest absolute Gasteiger partial charge is 0.479 e. The third-order valence-corrected chi connectivity index (χ3v) is 3.93. The summed E-state index contributed by atoms with van der Waals surface area (Å²) >= 11 is 0.